The molecule has 0 bridgehead atoms. The Morgan fingerprint density at radius 3 is 3.00 bits per heavy atom. The number of hydrogen-bond acceptors (Lipinski definition) is 4. The minimum Gasteiger partial charge on any atom is -0.266 e. The Bertz CT molecular complexity index is 539. The lowest BCUT2D eigenvalue weighted by molar-refractivity contribution is 0.0959. The number of halogens is 1. The van der Waals surface area contributed by atoms with Gasteiger partial charge in [-0.2, -0.15) is 5.10 Å². The van der Waals surface area contributed by atoms with Crippen molar-refractivity contribution in [2.75, 3.05) is 0 Å². The van der Waals surface area contributed by atoms with Gasteiger partial charge in [0.1, 0.15) is 0 Å². The maximum absolute atomic E-state index is 11.6. The number of aromatic nitrogens is 1. The van der Waals surface area contributed by atoms with Crippen LogP contribution in [0.1, 0.15) is 15.2 Å². The maximum atomic E-state index is 11.6. The summed E-state index contributed by atoms with van der Waals surface area (Å²) in [6, 6.07) is 6.96. The summed E-state index contributed by atoms with van der Waals surface area (Å²) in [6.45, 7) is 0. The Labute approximate surface area is 107 Å². The highest BCUT2D eigenvalue weighted by atomic mass is 35.5. The van der Waals surface area contributed by atoms with Gasteiger partial charge in [-0.05, 0) is 18.2 Å². The number of pyridine rings is 1. The van der Waals surface area contributed by atoms with Crippen molar-refractivity contribution in [3.63, 3.8) is 0 Å². The van der Waals surface area contributed by atoms with Crippen LogP contribution < -0.4 is 5.43 Å². The first-order valence-corrected chi connectivity index (χ1v) is 5.94. The molecule has 0 unspecified atom stereocenters. The van der Waals surface area contributed by atoms with Gasteiger partial charge in [0.25, 0.3) is 5.91 Å². The van der Waals surface area contributed by atoms with Crippen LogP contribution in [0.25, 0.3) is 0 Å². The fourth-order valence-electron chi connectivity index (χ4n) is 1.11. The third-order valence-electron chi connectivity index (χ3n) is 1.86. The Balaban J connectivity index is 1.95. The zero-order valence-corrected chi connectivity index (χ0v) is 10.2. The summed E-state index contributed by atoms with van der Waals surface area (Å²) in [6.07, 6.45) is 4.85. The normalized spacial score (nSPS) is 10.6. The maximum Gasteiger partial charge on any atom is 0.281 e. The molecule has 1 N–H and O–H groups in total. The second-order valence-electron chi connectivity index (χ2n) is 3.09. The molecule has 2 aromatic rings. The molecule has 0 saturated carbocycles. The molecule has 0 aromatic carbocycles. The molecule has 17 heavy (non-hydrogen) atoms. The second kappa shape index (κ2) is 5.56. The lowest BCUT2D eigenvalue weighted by Crippen LogP contribution is -2.16. The molecule has 2 heterocycles. The van der Waals surface area contributed by atoms with E-state index in [1.165, 1.54) is 17.6 Å². The van der Waals surface area contributed by atoms with Crippen LogP contribution in [-0.2, 0) is 0 Å². The molecule has 0 radical (unpaired) electrons. The molecule has 0 atom stereocenters. The van der Waals surface area contributed by atoms with Gasteiger partial charge in [-0.25, -0.2) is 5.43 Å². The second-order valence-corrected chi connectivity index (χ2v) is 4.80. The van der Waals surface area contributed by atoms with Crippen molar-refractivity contribution >= 4 is 35.1 Å². The van der Waals surface area contributed by atoms with E-state index in [9.17, 15) is 4.79 Å². The Morgan fingerprint density at radius 2 is 2.35 bits per heavy atom. The molecule has 2 rings (SSSR count). The molecule has 1 amide bonds. The molecule has 4 nitrogen and oxygen atoms in total. The number of carbonyl (C=O) groups excluding carboxylic acids is 1. The van der Waals surface area contributed by atoms with Crippen molar-refractivity contribution in [3.8, 4) is 0 Å². The number of nitrogens with one attached hydrogen (secondary N) is 1. The van der Waals surface area contributed by atoms with E-state index < -0.39 is 0 Å². The number of carbonyl (C=O) groups is 1. The van der Waals surface area contributed by atoms with E-state index >= 15 is 0 Å². The van der Waals surface area contributed by atoms with Crippen molar-refractivity contribution in [2.45, 2.75) is 0 Å². The minimum atomic E-state index is -0.276. The van der Waals surface area contributed by atoms with E-state index in [0.29, 0.717) is 9.21 Å². The van der Waals surface area contributed by atoms with E-state index in [0.717, 1.165) is 5.56 Å². The first-order chi connectivity index (χ1) is 8.25. The minimum absolute atomic E-state index is 0.276. The summed E-state index contributed by atoms with van der Waals surface area (Å²) in [5, 5.41) is 3.83. The summed E-state index contributed by atoms with van der Waals surface area (Å²) >= 11 is 6.94. The van der Waals surface area contributed by atoms with E-state index in [-0.39, 0.29) is 5.91 Å². The van der Waals surface area contributed by atoms with Crippen LogP contribution in [0.4, 0.5) is 0 Å². The molecule has 0 aliphatic carbocycles. The van der Waals surface area contributed by atoms with Gasteiger partial charge in [0.05, 0.1) is 15.4 Å². The molecular weight excluding hydrogens is 258 g/mol. The zero-order valence-electron chi connectivity index (χ0n) is 8.63. The van der Waals surface area contributed by atoms with Gasteiger partial charge in [0, 0.05) is 18.0 Å². The molecule has 0 saturated heterocycles. The van der Waals surface area contributed by atoms with Gasteiger partial charge >= 0.3 is 0 Å². The van der Waals surface area contributed by atoms with Gasteiger partial charge in [0.2, 0.25) is 0 Å². The van der Waals surface area contributed by atoms with Crippen LogP contribution in [0.15, 0.2) is 41.8 Å². The smallest absolute Gasteiger partial charge is 0.266 e. The number of nitrogens with zero attached hydrogens (tertiary/aromatic N) is 2. The number of rotatable bonds is 3. The van der Waals surface area contributed by atoms with E-state index in [1.807, 2.05) is 6.07 Å². The van der Waals surface area contributed by atoms with Crippen LogP contribution in [-0.4, -0.2) is 17.1 Å². The molecule has 6 heteroatoms. The highest BCUT2D eigenvalue weighted by molar-refractivity contribution is 7.17. The van der Waals surface area contributed by atoms with Gasteiger partial charge < -0.3 is 0 Å². The Morgan fingerprint density at radius 1 is 1.47 bits per heavy atom. The lowest BCUT2D eigenvalue weighted by Gasteiger charge is -1.95. The summed E-state index contributed by atoms with van der Waals surface area (Å²) in [7, 11) is 0. The summed E-state index contributed by atoms with van der Waals surface area (Å²) in [4.78, 5) is 16.0. The van der Waals surface area contributed by atoms with Gasteiger partial charge in [-0.1, -0.05) is 17.7 Å². The largest absolute Gasteiger partial charge is 0.281 e. The van der Waals surface area contributed by atoms with Crippen molar-refractivity contribution in [1.29, 1.82) is 0 Å². The lowest BCUT2D eigenvalue weighted by atomic mass is 10.3. The molecule has 86 valence electrons. The van der Waals surface area contributed by atoms with Crippen LogP contribution in [0.3, 0.4) is 0 Å². The molecule has 0 aliphatic rings. The van der Waals surface area contributed by atoms with Crippen LogP contribution >= 0.6 is 22.9 Å². The highest BCUT2D eigenvalue weighted by Gasteiger charge is 2.06. The van der Waals surface area contributed by atoms with Crippen LogP contribution in [0.5, 0.6) is 0 Å². The Kier molecular flexibility index (Phi) is 3.85. The van der Waals surface area contributed by atoms with Crippen molar-refractivity contribution in [2.24, 2.45) is 5.10 Å². The van der Waals surface area contributed by atoms with Crippen molar-refractivity contribution < 1.29 is 4.79 Å². The number of thiophene rings is 1. The van der Waals surface area contributed by atoms with Crippen LogP contribution in [0.2, 0.25) is 4.34 Å². The standard InChI is InChI=1S/C11H8ClN3OS/c12-10-4-3-9(17-10)11(16)15-14-7-8-2-1-5-13-6-8/h1-7H,(H,15,16)/b14-7+. The average molecular weight is 266 g/mol. The number of hydrogen-bond donors (Lipinski definition) is 1. The SMILES string of the molecule is O=C(N/N=C/c1cccnc1)c1ccc(Cl)s1. The van der Waals surface area contributed by atoms with Crippen molar-refractivity contribution in [1.82, 2.24) is 10.4 Å². The summed E-state index contributed by atoms with van der Waals surface area (Å²) < 4.78 is 0.575. The van der Waals surface area contributed by atoms with E-state index in [4.69, 9.17) is 11.6 Å². The first-order valence-electron chi connectivity index (χ1n) is 4.74. The zero-order chi connectivity index (χ0) is 12.1. The third kappa shape index (κ3) is 3.37. The van der Waals surface area contributed by atoms with E-state index in [2.05, 4.69) is 15.5 Å². The molecule has 0 aliphatic heterocycles. The summed E-state index contributed by atoms with van der Waals surface area (Å²) in [5.41, 5.74) is 3.23. The third-order valence-corrected chi connectivity index (χ3v) is 3.09. The Hall–Kier alpha value is -1.72. The fourth-order valence-corrected chi connectivity index (χ4v) is 2.04. The van der Waals surface area contributed by atoms with Gasteiger partial charge in [0.15, 0.2) is 0 Å². The first kappa shape index (κ1) is 11.8. The fraction of sp³-hybridized carbons (Fsp3) is 0. The van der Waals surface area contributed by atoms with E-state index in [1.54, 1.807) is 30.6 Å². The summed E-state index contributed by atoms with van der Waals surface area (Å²) in [5.74, 6) is -0.276. The monoisotopic (exact) mass is 265 g/mol. The van der Waals surface area contributed by atoms with Crippen molar-refractivity contribution in [3.05, 3.63) is 51.4 Å². The predicted octanol–water partition coefficient (Wildman–Crippen LogP) is 2.56. The van der Waals surface area contributed by atoms with Gasteiger partial charge in [-0.15, -0.1) is 11.3 Å². The quantitative estimate of drug-likeness (QED) is 0.685. The topological polar surface area (TPSA) is 54.4 Å². The molecule has 2 aromatic heterocycles. The highest BCUT2D eigenvalue weighted by Crippen LogP contribution is 2.20. The van der Waals surface area contributed by atoms with Crippen LogP contribution in [0, 0.1) is 0 Å². The predicted molar refractivity (Wildman–Crippen MR) is 68.6 cm³/mol. The molecule has 0 spiro atoms. The number of amides is 1. The molecule has 0 fully saturated rings. The number of hydrazone groups is 1. The van der Waals surface area contributed by atoms with Gasteiger partial charge in [-0.3, -0.25) is 9.78 Å². The average Bonchev–Trinajstić information content (AvgIpc) is 2.77. The molecular formula is C11H8ClN3OS.